The molecule has 3 aromatic rings. The SMILES string of the molecule is CC(Nc1ccc(-n2cccn2)cc1)c1ccccc1O. The molecule has 0 spiro atoms. The fourth-order valence-corrected chi connectivity index (χ4v) is 2.31. The first-order valence-electron chi connectivity index (χ1n) is 6.88. The van der Waals surface area contributed by atoms with Crippen LogP contribution in [0.5, 0.6) is 5.75 Å². The molecule has 3 rings (SSSR count). The first kappa shape index (κ1) is 13.2. The van der Waals surface area contributed by atoms with E-state index < -0.39 is 0 Å². The van der Waals surface area contributed by atoms with Gasteiger partial charge in [0, 0.05) is 23.6 Å². The maximum absolute atomic E-state index is 9.88. The second kappa shape index (κ2) is 5.71. The molecule has 0 saturated heterocycles. The lowest BCUT2D eigenvalue weighted by Gasteiger charge is -2.17. The summed E-state index contributed by atoms with van der Waals surface area (Å²) >= 11 is 0. The van der Waals surface area contributed by atoms with E-state index in [1.165, 1.54) is 0 Å². The Morgan fingerprint density at radius 2 is 1.81 bits per heavy atom. The van der Waals surface area contributed by atoms with E-state index >= 15 is 0 Å². The number of aromatic hydroxyl groups is 1. The number of nitrogens with zero attached hydrogens (tertiary/aromatic N) is 2. The van der Waals surface area contributed by atoms with Crippen LogP contribution < -0.4 is 5.32 Å². The predicted molar refractivity (Wildman–Crippen MR) is 83.7 cm³/mol. The zero-order chi connectivity index (χ0) is 14.7. The Balaban J connectivity index is 1.75. The number of para-hydroxylation sites is 1. The summed E-state index contributed by atoms with van der Waals surface area (Å²) in [6.07, 6.45) is 3.67. The van der Waals surface area contributed by atoms with Gasteiger partial charge in [0.25, 0.3) is 0 Å². The minimum atomic E-state index is 0.0294. The van der Waals surface area contributed by atoms with Crippen molar-refractivity contribution in [2.45, 2.75) is 13.0 Å². The third kappa shape index (κ3) is 2.89. The van der Waals surface area contributed by atoms with Gasteiger partial charge in [-0.15, -0.1) is 0 Å². The highest BCUT2D eigenvalue weighted by atomic mass is 16.3. The minimum Gasteiger partial charge on any atom is -0.508 e. The number of phenols is 1. The van der Waals surface area contributed by atoms with E-state index in [1.54, 1.807) is 12.3 Å². The summed E-state index contributed by atoms with van der Waals surface area (Å²) in [6, 6.07) is 17.3. The van der Waals surface area contributed by atoms with Crippen LogP contribution in [0, 0.1) is 0 Å². The van der Waals surface area contributed by atoms with Gasteiger partial charge in [-0.3, -0.25) is 0 Å². The average Bonchev–Trinajstić information content (AvgIpc) is 3.02. The number of hydrogen-bond donors (Lipinski definition) is 2. The Kier molecular flexibility index (Phi) is 3.60. The van der Waals surface area contributed by atoms with Crippen molar-refractivity contribution in [1.82, 2.24) is 9.78 Å². The van der Waals surface area contributed by atoms with Crippen LogP contribution in [0.15, 0.2) is 67.0 Å². The molecule has 0 radical (unpaired) electrons. The van der Waals surface area contributed by atoms with Crippen molar-refractivity contribution in [3.05, 3.63) is 72.6 Å². The summed E-state index contributed by atoms with van der Waals surface area (Å²) in [6.45, 7) is 2.02. The molecule has 0 aliphatic rings. The van der Waals surface area contributed by atoms with Crippen LogP contribution in [-0.2, 0) is 0 Å². The molecule has 4 nitrogen and oxygen atoms in total. The van der Waals surface area contributed by atoms with E-state index in [2.05, 4.69) is 10.4 Å². The van der Waals surface area contributed by atoms with Gasteiger partial charge in [0.2, 0.25) is 0 Å². The monoisotopic (exact) mass is 279 g/mol. The van der Waals surface area contributed by atoms with Crippen LogP contribution >= 0.6 is 0 Å². The Labute approximate surface area is 123 Å². The molecule has 0 aliphatic heterocycles. The third-order valence-electron chi connectivity index (χ3n) is 3.42. The molecule has 0 bridgehead atoms. The second-order valence-electron chi connectivity index (χ2n) is 4.92. The van der Waals surface area contributed by atoms with Gasteiger partial charge < -0.3 is 10.4 Å². The Morgan fingerprint density at radius 1 is 1.05 bits per heavy atom. The number of rotatable bonds is 4. The number of aromatic nitrogens is 2. The van der Waals surface area contributed by atoms with Crippen molar-refractivity contribution in [3.63, 3.8) is 0 Å². The maximum atomic E-state index is 9.88. The van der Waals surface area contributed by atoms with Crippen molar-refractivity contribution in [2.24, 2.45) is 0 Å². The zero-order valence-corrected chi connectivity index (χ0v) is 11.8. The molecule has 0 fully saturated rings. The van der Waals surface area contributed by atoms with E-state index in [0.717, 1.165) is 16.9 Å². The van der Waals surface area contributed by atoms with E-state index in [-0.39, 0.29) is 6.04 Å². The molecule has 106 valence electrons. The van der Waals surface area contributed by atoms with Gasteiger partial charge >= 0.3 is 0 Å². The molecule has 1 heterocycles. The summed E-state index contributed by atoms with van der Waals surface area (Å²) in [4.78, 5) is 0. The highest BCUT2D eigenvalue weighted by molar-refractivity contribution is 5.51. The molecule has 2 N–H and O–H groups in total. The van der Waals surface area contributed by atoms with Crippen molar-refractivity contribution in [3.8, 4) is 11.4 Å². The van der Waals surface area contributed by atoms with Crippen molar-refractivity contribution in [1.29, 1.82) is 0 Å². The Bertz CT molecular complexity index is 705. The summed E-state index contributed by atoms with van der Waals surface area (Å²) in [7, 11) is 0. The Hall–Kier alpha value is -2.75. The molecule has 1 atom stereocenters. The molecule has 2 aromatic carbocycles. The number of anilines is 1. The molecule has 0 aliphatic carbocycles. The molecule has 0 amide bonds. The quantitative estimate of drug-likeness (QED) is 0.764. The maximum Gasteiger partial charge on any atom is 0.120 e. The van der Waals surface area contributed by atoms with Crippen LogP contribution in [-0.4, -0.2) is 14.9 Å². The van der Waals surface area contributed by atoms with Crippen molar-refractivity contribution < 1.29 is 5.11 Å². The fraction of sp³-hybridized carbons (Fsp3) is 0.118. The zero-order valence-electron chi connectivity index (χ0n) is 11.8. The standard InChI is InChI=1S/C17H17N3O/c1-13(16-5-2-3-6-17(16)21)19-14-7-9-15(10-8-14)20-12-4-11-18-20/h2-13,19,21H,1H3. The fourth-order valence-electron chi connectivity index (χ4n) is 2.31. The van der Waals surface area contributed by atoms with Gasteiger partial charge in [0.1, 0.15) is 5.75 Å². The topological polar surface area (TPSA) is 50.1 Å². The van der Waals surface area contributed by atoms with Gasteiger partial charge in [0.05, 0.1) is 11.7 Å². The first-order valence-corrected chi connectivity index (χ1v) is 6.88. The number of benzene rings is 2. The van der Waals surface area contributed by atoms with Gasteiger partial charge in [-0.25, -0.2) is 4.68 Å². The van der Waals surface area contributed by atoms with Gasteiger partial charge in [-0.1, -0.05) is 18.2 Å². The van der Waals surface area contributed by atoms with Crippen LogP contribution in [0.4, 0.5) is 5.69 Å². The molecule has 1 unspecified atom stereocenters. The van der Waals surface area contributed by atoms with Gasteiger partial charge in [-0.05, 0) is 43.3 Å². The second-order valence-corrected chi connectivity index (χ2v) is 4.92. The summed E-state index contributed by atoms with van der Waals surface area (Å²) in [5, 5.41) is 17.5. The van der Waals surface area contributed by atoms with Crippen molar-refractivity contribution in [2.75, 3.05) is 5.32 Å². The highest BCUT2D eigenvalue weighted by Gasteiger charge is 2.09. The summed E-state index contributed by atoms with van der Waals surface area (Å²) in [5.41, 5.74) is 2.90. The summed E-state index contributed by atoms with van der Waals surface area (Å²) in [5.74, 6) is 0.311. The molecule has 4 heteroatoms. The number of phenolic OH excluding ortho intramolecular Hbond substituents is 1. The lowest BCUT2D eigenvalue weighted by atomic mass is 10.1. The average molecular weight is 279 g/mol. The largest absolute Gasteiger partial charge is 0.508 e. The molecule has 21 heavy (non-hydrogen) atoms. The molecular formula is C17H17N3O. The molecular weight excluding hydrogens is 262 g/mol. The molecule has 0 saturated carbocycles. The van der Waals surface area contributed by atoms with E-state index in [9.17, 15) is 5.11 Å². The molecule has 1 aromatic heterocycles. The lowest BCUT2D eigenvalue weighted by Crippen LogP contribution is -2.06. The van der Waals surface area contributed by atoms with Crippen LogP contribution in [0.1, 0.15) is 18.5 Å². The number of nitrogens with one attached hydrogen (secondary N) is 1. The lowest BCUT2D eigenvalue weighted by molar-refractivity contribution is 0.465. The highest BCUT2D eigenvalue weighted by Crippen LogP contribution is 2.26. The minimum absolute atomic E-state index is 0.0294. The predicted octanol–water partition coefficient (Wildman–Crippen LogP) is 3.75. The van der Waals surface area contributed by atoms with Gasteiger partial charge in [-0.2, -0.15) is 5.10 Å². The van der Waals surface area contributed by atoms with Crippen LogP contribution in [0.3, 0.4) is 0 Å². The normalized spacial score (nSPS) is 12.0. The first-order chi connectivity index (χ1) is 10.2. The van der Waals surface area contributed by atoms with Gasteiger partial charge in [0.15, 0.2) is 0 Å². The van der Waals surface area contributed by atoms with E-state index in [1.807, 2.05) is 66.3 Å². The van der Waals surface area contributed by atoms with E-state index in [4.69, 9.17) is 0 Å². The number of hydrogen-bond acceptors (Lipinski definition) is 3. The third-order valence-corrected chi connectivity index (χ3v) is 3.42. The van der Waals surface area contributed by atoms with Crippen LogP contribution in [0.2, 0.25) is 0 Å². The van der Waals surface area contributed by atoms with Crippen molar-refractivity contribution >= 4 is 5.69 Å². The van der Waals surface area contributed by atoms with E-state index in [0.29, 0.717) is 5.75 Å². The van der Waals surface area contributed by atoms with Crippen LogP contribution in [0.25, 0.3) is 5.69 Å². The summed E-state index contributed by atoms with van der Waals surface area (Å²) < 4.78 is 1.82. The Morgan fingerprint density at radius 3 is 2.48 bits per heavy atom. The smallest absolute Gasteiger partial charge is 0.120 e.